The zero-order chi connectivity index (χ0) is 23.1. The molecule has 0 bridgehead atoms. The fraction of sp³-hybridized carbons (Fsp3) is 0.273. The molecule has 1 amide bonds. The zero-order valence-corrected chi connectivity index (χ0v) is 18.3. The molecule has 0 aliphatic rings. The van der Waals surface area contributed by atoms with E-state index in [2.05, 4.69) is 15.6 Å². The summed E-state index contributed by atoms with van der Waals surface area (Å²) in [6.45, 7) is 0.204. The van der Waals surface area contributed by atoms with Crippen molar-refractivity contribution < 1.29 is 24.9 Å². The Hall–Kier alpha value is -3.02. The van der Waals surface area contributed by atoms with Crippen LogP contribution in [-0.4, -0.2) is 45.8 Å². The third-order valence-electron chi connectivity index (χ3n) is 4.74. The number of nitrogen functional groups attached to an aromatic ring is 1. The SMILES string of the molecule is COC(CNC(O)(O)Cc1ccc(NC(=O)Cc2nc(N)sc2O)cc1)c1ccccc1. The smallest absolute Gasteiger partial charge is 0.230 e. The molecule has 0 fully saturated rings. The second kappa shape index (κ2) is 10.5. The van der Waals surface area contributed by atoms with Gasteiger partial charge in [-0.05, 0) is 23.3 Å². The molecular formula is C22H26N4O5S. The Balaban J connectivity index is 1.52. The van der Waals surface area contributed by atoms with Crippen LogP contribution >= 0.6 is 11.3 Å². The second-order valence-electron chi connectivity index (χ2n) is 7.24. The summed E-state index contributed by atoms with van der Waals surface area (Å²) in [5, 5.41) is 35.9. The van der Waals surface area contributed by atoms with Crippen molar-refractivity contribution in [2.45, 2.75) is 24.9 Å². The minimum Gasteiger partial charge on any atom is -0.498 e. The van der Waals surface area contributed by atoms with Gasteiger partial charge in [-0.15, -0.1) is 0 Å². The molecule has 0 saturated heterocycles. The number of amides is 1. The van der Waals surface area contributed by atoms with Gasteiger partial charge in [0.2, 0.25) is 11.8 Å². The Bertz CT molecular complexity index is 1020. The fourth-order valence-electron chi connectivity index (χ4n) is 3.15. The second-order valence-corrected chi connectivity index (χ2v) is 8.24. The number of thiazole rings is 1. The van der Waals surface area contributed by atoms with Gasteiger partial charge in [-0.1, -0.05) is 53.8 Å². The van der Waals surface area contributed by atoms with Crippen molar-refractivity contribution in [1.82, 2.24) is 10.3 Å². The Labute approximate surface area is 189 Å². The van der Waals surface area contributed by atoms with E-state index in [4.69, 9.17) is 10.5 Å². The summed E-state index contributed by atoms with van der Waals surface area (Å²) in [6, 6.07) is 16.2. The van der Waals surface area contributed by atoms with Crippen molar-refractivity contribution >= 4 is 28.1 Å². The van der Waals surface area contributed by atoms with Gasteiger partial charge in [-0.25, -0.2) is 4.98 Å². The lowest BCUT2D eigenvalue weighted by atomic mass is 10.1. The number of nitrogens with zero attached hydrogens (tertiary/aromatic N) is 1. The third-order valence-corrected chi connectivity index (χ3v) is 5.47. The summed E-state index contributed by atoms with van der Waals surface area (Å²) in [7, 11) is 1.56. The molecular weight excluding hydrogens is 432 g/mol. The molecule has 0 radical (unpaired) electrons. The number of nitrogens with two attached hydrogens (primary N) is 1. The molecule has 1 atom stereocenters. The van der Waals surface area contributed by atoms with Crippen LogP contribution in [0.1, 0.15) is 22.9 Å². The van der Waals surface area contributed by atoms with Crippen LogP contribution in [0.5, 0.6) is 5.06 Å². The highest BCUT2D eigenvalue weighted by atomic mass is 32.1. The highest BCUT2D eigenvalue weighted by Gasteiger charge is 2.25. The summed E-state index contributed by atoms with van der Waals surface area (Å²) in [6.07, 6.45) is -0.512. The lowest BCUT2D eigenvalue weighted by Crippen LogP contribution is -2.48. The number of rotatable bonds is 10. The quantitative estimate of drug-likeness (QED) is 0.252. The number of nitrogens with one attached hydrogen (secondary N) is 2. The van der Waals surface area contributed by atoms with Crippen molar-refractivity contribution in [3.63, 3.8) is 0 Å². The summed E-state index contributed by atoms with van der Waals surface area (Å²) in [5.41, 5.74) is 7.84. The molecule has 1 unspecified atom stereocenters. The molecule has 10 heteroatoms. The molecule has 1 aromatic heterocycles. The van der Waals surface area contributed by atoms with Gasteiger partial charge in [-0.2, -0.15) is 0 Å². The predicted molar refractivity (Wildman–Crippen MR) is 122 cm³/mol. The maximum absolute atomic E-state index is 12.2. The van der Waals surface area contributed by atoms with Crippen LogP contribution in [0.3, 0.4) is 0 Å². The molecule has 3 rings (SSSR count). The van der Waals surface area contributed by atoms with E-state index in [0.717, 1.165) is 16.9 Å². The normalized spacial score (nSPS) is 12.5. The van der Waals surface area contributed by atoms with Gasteiger partial charge in [0.25, 0.3) is 0 Å². The molecule has 0 saturated carbocycles. The topological polar surface area (TPSA) is 150 Å². The number of hydrogen-bond acceptors (Lipinski definition) is 9. The van der Waals surface area contributed by atoms with Crippen molar-refractivity contribution in [3.8, 4) is 5.06 Å². The zero-order valence-electron chi connectivity index (χ0n) is 17.5. The van der Waals surface area contributed by atoms with Gasteiger partial charge >= 0.3 is 0 Å². The van der Waals surface area contributed by atoms with E-state index in [1.807, 2.05) is 30.3 Å². The van der Waals surface area contributed by atoms with Crippen molar-refractivity contribution in [2.75, 3.05) is 24.7 Å². The van der Waals surface area contributed by atoms with Gasteiger partial charge in [0.1, 0.15) is 5.69 Å². The largest absolute Gasteiger partial charge is 0.498 e. The van der Waals surface area contributed by atoms with Crippen molar-refractivity contribution in [1.29, 1.82) is 0 Å². The molecule has 3 aromatic rings. The van der Waals surface area contributed by atoms with E-state index in [-0.39, 0.29) is 47.3 Å². The highest BCUT2D eigenvalue weighted by molar-refractivity contribution is 7.17. The van der Waals surface area contributed by atoms with E-state index >= 15 is 0 Å². The van der Waals surface area contributed by atoms with Gasteiger partial charge in [0, 0.05) is 25.8 Å². The van der Waals surface area contributed by atoms with Gasteiger partial charge in [0.05, 0.1) is 12.5 Å². The van der Waals surface area contributed by atoms with Crippen LogP contribution in [-0.2, 0) is 22.4 Å². The minimum atomic E-state index is -2.14. The lowest BCUT2D eigenvalue weighted by molar-refractivity contribution is -0.187. The monoisotopic (exact) mass is 458 g/mol. The molecule has 1 heterocycles. The van der Waals surface area contributed by atoms with E-state index in [1.54, 1.807) is 31.4 Å². The number of ether oxygens (including phenoxy) is 1. The number of carbonyl (C=O) groups excluding carboxylic acids is 1. The first kappa shape index (κ1) is 23.6. The summed E-state index contributed by atoms with van der Waals surface area (Å²) in [4.78, 5) is 16.1. The Morgan fingerprint density at radius 1 is 1.19 bits per heavy atom. The molecule has 7 N–H and O–H groups in total. The third kappa shape index (κ3) is 6.74. The van der Waals surface area contributed by atoms with E-state index in [0.29, 0.717) is 11.3 Å². The minimum absolute atomic E-state index is 0.0710. The first-order valence-corrected chi connectivity index (χ1v) is 10.7. The van der Waals surface area contributed by atoms with Crippen LogP contribution in [0, 0.1) is 0 Å². The van der Waals surface area contributed by atoms with Crippen LogP contribution < -0.4 is 16.4 Å². The number of hydrogen-bond donors (Lipinski definition) is 6. The Morgan fingerprint density at radius 2 is 1.88 bits per heavy atom. The molecule has 0 aliphatic carbocycles. The van der Waals surface area contributed by atoms with Gasteiger partial charge < -0.3 is 31.1 Å². The molecule has 0 aliphatic heterocycles. The van der Waals surface area contributed by atoms with Crippen molar-refractivity contribution in [2.24, 2.45) is 0 Å². The van der Waals surface area contributed by atoms with Crippen LogP contribution in [0.15, 0.2) is 54.6 Å². The fourth-order valence-corrected chi connectivity index (χ4v) is 3.74. The summed E-state index contributed by atoms with van der Waals surface area (Å²) in [5.74, 6) is -2.50. The van der Waals surface area contributed by atoms with Crippen LogP contribution in [0.4, 0.5) is 10.8 Å². The number of aromatic nitrogens is 1. The summed E-state index contributed by atoms with van der Waals surface area (Å²) >= 11 is 0.911. The van der Waals surface area contributed by atoms with E-state index < -0.39 is 5.91 Å². The average Bonchev–Trinajstić information content (AvgIpc) is 3.07. The van der Waals surface area contributed by atoms with Crippen molar-refractivity contribution in [3.05, 3.63) is 71.4 Å². The van der Waals surface area contributed by atoms with Crippen LogP contribution in [0.2, 0.25) is 0 Å². The van der Waals surface area contributed by atoms with Crippen LogP contribution in [0.25, 0.3) is 0 Å². The number of benzene rings is 2. The number of anilines is 2. The lowest BCUT2D eigenvalue weighted by Gasteiger charge is -2.26. The maximum Gasteiger partial charge on any atom is 0.230 e. The number of aromatic hydroxyl groups is 1. The van der Waals surface area contributed by atoms with E-state index in [1.165, 1.54) is 0 Å². The summed E-state index contributed by atoms with van der Waals surface area (Å²) < 4.78 is 5.43. The predicted octanol–water partition coefficient (Wildman–Crippen LogP) is 1.77. The molecule has 0 spiro atoms. The first-order valence-electron chi connectivity index (χ1n) is 9.86. The standard InChI is InChI=1S/C22H26N4O5S/c1-31-18(15-5-3-2-4-6-15)13-24-22(29,30)12-14-7-9-16(10-8-14)25-19(27)11-17-20(28)32-21(23)26-17/h2-10,18,24,28-30H,11-13H2,1H3,(H2,23,26)(H,25,27). The maximum atomic E-state index is 12.2. The molecule has 2 aromatic carbocycles. The Kier molecular flexibility index (Phi) is 7.78. The number of methoxy groups -OCH3 is 1. The van der Waals surface area contributed by atoms with Gasteiger partial charge in [0.15, 0.2) is 10.2 Å². The first-order chi connectivity index (χ1) is 15.3. The molecule has 170 valence electrons. The molecule has 9 nitrogen and oxygen atoms in total. The molecule has 32 heavy (non-hydrogen) atoms. The Morgan fingerprint density at radius 3 is 2.47 bits per heavy atom. The average molecular weight is 459 g/mol. The number of carbonyl (C=O) groups is 1. The van der Waals surface area contributed by atoms with E-state index in [9.17, 15) is 20.1 Å². The number of aliphatic hydroxyl groups is 2. The van der Waals surface area contributed by atoms with Gasteiger partial charge in [-0.3, -0.25) is 10.1 Å². The highest BCUT2D eigenvalue weighted by Crippen LogP contribution is 2.27.